The van der Waals surface area contributed by atoms with Crippen LogP contribution in [0.3, 0.4) is 0 Å². The maximum atomic E-state index is 6.87. The van der Waals surface area contributed by atoms with Crippen molar-refractivity contribution in [2.75, 3.05) is 0 Å². The van der Waals surface area contributed by atoms with Crippen LogP contribution < -0.4 is 11.5 Å². The Morgan fingerprint density at radius 1 is 0.818 bits per heavy atom. The summed E-state index contributed by atoms with van der Waals surface area (Å²) < 4.78 is 0. The Labute approximate surface area is 134 Å². The van der Waals surface area contributed by atoms with Crippen molar-refractivity contribution in [1.29, 1.82) is 0 Å². The Kier molecular flexibility index (Phi) is 6.17. The van der Waals surface area contributed by atoms with Crippen LogP contribution in [0.2, 0.25) is 0 Å². The molecule has 0 heterocycles. The average molecular weight is 296 g/mol. The van der Waals surface area contributed by atoms with Crippen LogP contribution in [0.5, 0.6) is 0 Å². The van der Waals surface area contributed by atoms with E-state index in [0.29, 0.717) is 0 Å². The molecule has 4 N–H and O–H groups in total. The molecule has 0 aromatic heterocycles. The summed E-state index contributed by atoms with van der Waals surface area (Å²) in [6.07, 6.45) is 5.80. The first-order chi connectivity index (χ1) is 10.7. The van der Waals surface area contributed by atoms with Gasteiger partial charge in [-0.2, -0.15) is 0 Å². The molecule has 1 unspecified atom stereocenters. The highest BCUT2D eigenvalue weighted by atomic mass is 14.9. The normalized spacial score (nSPS) is 13.0. The quantitative estimate of drug-likeness (QED) is 0.718. The lowest BCUT2D eigenvalue weighted by Gasteiger charge is -2.36. The van der Waals surface area contributed by atoms with E-state index >= 15 is 0 Å². The SMILES string of the molecule is CCCCCCC(N)C(N)(c1ccccc1)c1ccccc1. The van der Waals surface area contributed by atoms with E-state index < -0.39 is 5.54 Å². The molecule has 2 rings (SSSR count). The zero-order chi connectivity index (χ0) is 15.8. The Morgan fingerprint density at radius 2 is 1.32 bits per heavy atom. The smallest absolute Gasteiger partial charge is 0.0819 e. The summed E-state index contributed by atoms with van der Waals surface area (Å²) in [6.45, 7) is 2.22. The van der Waals surface area contributed by atoms with Crippen LogP contribution in [-0.2, 0) is 5.54 Å². The van der Waals surface area contributed by atoms with Gasteiger partial charge in [-0.1, -0.05) is 93.3 Å². The van der Waals surface area contributed by atoms with Crippen LogP contribution in [0, 0.1) is 0 Å². The van der Waals surface area contributed by atoms with Crippen molar-refractivity contribution in [2.45, 2.75) is 50.6 Å². The molecule has 0 bridgehead atoms. The Bertz CT molecular complexity index is 497. The Hall–Kier alpha value is -1.64. The van der Waals surface area contributed by atoms with E-state index in [1.54, 1.807) is 0 Å². The molecule has 0 fully saturated rings. The molecule has 1 atom stereocenters. The molecule has 2 aromatic rings. The first-order valence-electron chi connectivity index (χ1n) is 8.35. The summed E-state index contributed by atoms with van der Waals surface area (Å²) in [4.78, 5) is 0. The van der Waals surface area contributed by atoms with E-state index in [2.05, 4.69) is 31.2 Å². The van der Waals surface area contributed by atoms with Gasteiger partial charge in [-0.25, -0.2) is 0 Å². The largest absolute Gasteiger partial charge is 0.326 e. The second-order valence-corrected chi connectivity index (χ2v) is 6.06. The third-order valence-corrected chi connectivity index (χ3v) is 4.46. The molecule has 0 aliphatic rings. The van der Waals surface area contributed by atoms with Gasteiger partial charge in [0, 0.05) is 6.04 Å². The lowest BCUT2D eigenvalue weighted by molar-refractivity contribution is 0.385. The van der Waals surface area contributed by atoms with Crippen LogP contribution in [-0.4, -0.2) is 6.04 Å². The van der Waals surface area contributed by atoms with Gasteiger partial charge in [0.1, 0.15) is 0 Å². The van der Waals surface area contributed by atoms with E-state index in [1.807, 2.05) is 36.4 Å². The maximum absolute atomic E-state index is 6.87. The van der Waals surface area contributed by atoms with Crippen LogP contribution >= 0.6 is 0 Å². The van der Waals surface area contributed by atoms with E-state index in [9.17, 15) is 0 Å². The lowest BCUT2D eigenvalue weighted by Crippen LogP contribution is -2.53. The molecule has 0 aliphatic heterocycles. The highest BCUT2D eigenvalue weighted by Gasteiger charge is 2.35. The standard InChI is InChI=1S/C20H28N2/c1-2-3-4-11-16-19(21)20(22,17-12-7-5-8-13-17)18-14-9-6-10-15-18/h5-10,12-15,19H,2-4,11,16,21-22H2,1H3. The third kappa shape index (κ3) is 3.76. The highest BCUT2D eigenvalue weighted by molar-refractivity contribution is 5.39. The molecular weight excluding hydrogens is 268 g/mol. The van der Waals surface area contributed by atoms with Gasteiger partial charge in [0.25, 0.3) is 0 Å². The van der Waals surface area contributed by atoms with E-state index in [0.717, 1.165) is 24.0 Å². The van der Waals surface area contributed by atoms with E-state index in [1.165, 1.54) is 19.3 Å². The summed E-state index contributed by atoms with van der Waals surface area (Å²) in [7, 11) is 0. The number of benzene rings is 2. The van der Waals surface area contributed by atoms with Crippen molar-refractivity contribution < 1.29 is 0 Å². The fourth-order valence-electron chi connectivity index (χ4n) is 3.04. The second kappa shape index (κ2) is 8.11. The Balaban J connectivity index is 2.26. The topological polar surface area (TPSA) is 52.0 Å². The minimum absolute atomic E-state index is 0.0887. The van der Waals surface area contributed by atoms with Crippen molar-refractivity contribution in [3.05, 3.63) is 71.8 Å². The van der Waals surface area contributed by atoms with Gasteiger partial charge in [-0.3, -0.25) is 0 Å². The lowest BCUT2D eigenvalue weighted by atomic mass is 9.76. The first-order valence-corrected chi connectivity index (χ1v) is 8.35. The van der Waals surface area contributed by atoms with Crippen molar-refractivity contribution in [1.82, 2.24) is 0 Å². The van der Waals surface area contributed by atoms with Crippen molar-refractivity contribution in [3.8, 4) is 0 Å². The predicted molar refractivity (Wildman–Crippen MR) is 94.6 cm³/mol. The van der Waals surface area contributed by atoms with E-state index in [-0.39, 0.29) is 6.04 Å². The number of unbranched alkanes of at least 4 members (excludes halogenated alkanes) is 3. The number of rotatable bonds is 8. The molecule has 118 valence electrons. The molecule has 0 saturated heterocycles. The summed E-state index contributed by atoms with van der Waals surface area (Å²) in [5.74, 6) is 0. The summed E-state index contributed by atoms with van der Waals surface area (Å²) in [5, 5.41) is 0. The molecule has 0 amide bonds. The molecule has 0 saturated carbocycles. The molecule has 0 radical (unpaired) electrons. The highest BCUT2D eigenvalue weighted by Crippen LogP contribution is 2.31. The van der Waals surface area contributed by atoms with Gasteiger partial charge in [0.15, 0.2) is 0 Å². The molecule has 0 spiro atoms. The van der Waals surface area contributed by atoms with Gasteiger partial charge in [-0.05, 0) is 17.5 Å². The summed E-state index contributed by atoms with van der Waals surface area (Å²) >= 11 is 0. The van der Waals surface area contributed by atoms with Gasteiger partial charge in [0.2, 0.25) is 0 Å². The number of hydrogen-bond donors (Lipinski definition) is 2. The minimum Gasteiger partial charge on any atom is -0.326 e. The zero-order valence-corrected chi connectivity index (χ0v) is 13.5. The molecule has 2 heteroatoms. The van der Waals surface area contributed by atoms with Gasteiger partial charge >= 0.3 is 0 Å². The Morgan fingerprint density at radius 3 is 1.77 bits per heavy atom. The monoisotopic (exact) mass is 296 g/mol. The summed E-state index contributed by atoms with van der Waals surface area (Å²) in [5.41, 5.74) is 15.0. The number of nitrogens with two attached hydrogens (primary N) is 2. The molecule has 0 aliphatic carbocycles. The average Bonchev–Trinajstić information content (AvgIpc) is 2.59. The molecular formula is C20H28N2. The van der Waals surface area contributed by atoms with Crippen molar-refractivity contribution in [3.63, 3.8) is 0 Å². The van der Waals surface area contributed by atoms with Crippen molar-refractivity contribution >= 4 is 0 Å². The van der Waals surface area contributed by atoms with Gasteiger partial charge < -0.3 is 11.5 Å². The zero-order valence-electron chi connectivity index (χ0n) is 13.5. The molecule has 2 aromatic carbocycles. The van der Waals surface area contributed by atoms with Crippen molar-refractivity contribution in [2.24, 2.45) is 11.5 Å². The first kappa shape index (κ1) is 16.7. The van der Waals surface area contributed by atoms with Crippen LogP contribution in [0.1, 0.15) is 50.2 Å². The van der Waals surface area contributed by atoms with E-state index in [4.69, 9.17) is 11.5 Å². The molecule has 22 heavy (non-hydrogen) atoms. The third-order valence-electron chi connectivity index (χ3n) is 4.46. The van der Waals surface area contributed by atoms with Crippen LogP contribution in [0.4, 0.5) is 0 Å². The maximum Gasteiger partial charge on any atom is 0.0819 e. The summed E-state index contributed by atoms with van der Waals surface area (Å²) in [6, 6.07) is 20.4. The molecule has 2 nitrogen and oxygen atoms in total. The van der Waals surface area contributed by atoms with Crippen LogP contribution in [0.15, 0.2) is 60.7 Å². The second-order valence-electron chi connectivity index (χ2n) is 6.06. The van der Waals surface area contributed by atoms with Crippen LogP contribution in [0.25, 0.3) is 0 Å². The predicted octanol–water partition coefficient (Wildman–Crippen LogP) is 4.19. The van der Waals surface area contributed by atoms with Gasteiger partial charge in [0.05, 0.1) is 5.54 Å². The fraction of sp³-hybridized carbons (Fsp3) is 0.400. The van der Waals surface area contributed by atoms with Gasteiger partial charge in [-0.15, -0.1) is 0 Å². The number of hydrogen-bond acceptors (Lipinski definition) is 2. The minimum atomic E-state index is -0.630. The fourth-order valence-corrected chi connectivity index (χ4v) is 3.04.